The van der Waals surface area contributed by atoms with Gasteiger partial charge < -0.3 is 4.74 Å². The van der Waals surface area contributed by atoms with Crippen molar-refractivity contribution in [3.63, 3.8) is 0 Å². The number of hydrogen-bond acceptors (Lipinski definition) is 5. The molecule has 24 heavy (non-hydrogen) atoms. The van der Waals surface area contributed by atoms with E-state index >= 15 is 0 Å². The van der Waals surface area contributed by atoms with Crippen LogP contribution in [-0.4, -0.2) is 18.2 Å². The maximum absolute atomic E-state index is 12.5. The van der Waals surface area contributed by atoms with Gasteiger partial charge in [0.15, 0.2) is 0 Å². The molecule has 0 spiro atoms. The summed E-state index contributed by atoms with van der Waals surface area (Å²) in [6.07, 6.45) is 0.578. The van der Waals surface area contributed by atoms with Crippen LogP contribution in [0.2, 0.25) is 0 Å². The first-order valence-corrected chi connectivity index (χ1v) is 10.8. The third-order valence-corrected chi connectivity index (χ3v) is 6.50. The van der Waals surface area contributed by atoms with Gasteiger partial charge in [-0.3, -0.25) is 4.90 Å². The van der Waals surface area contributed by atoms with Gasteiger partial charge in [-0.05, 0) is 66.7 Å². The van der Waals surface area contributed by atoms with Crippen LogP contribution in [0.5, 0.6) is 0 Å². The molecule has 0 unspecified atom stereocenters. The summed E-state index contributed by atoms with van der Waals surface area (Å²) in [7, 11) is 1.61. The molecule has 0 bridgehead atoms. The molecule has 0 aromatic heterocycles. The molecule has 0 fully saturated rings. The molecule has 7 heteroatoms. The van der Waals surface area contributed by atoms with Gasteiger partial charge in [-0.25, -0.2) is 7.31 Å². The first-order chi connectivity index (χ1) is 11.0. The van der Waals surface area contributed by atoms with E-state index in [4.69, 9.17) is 7.25 Å². The predicted octanol–water partition coefficient (Wildman–Crippen LogP) is 6.30. The maximum Gasteiger partial charge on any atom is 0.414 e. The Morgan fingerprint density at radius 2 is 1.88 bits per heavy atom. The number of fused-ring (bicyclic) bond motifs is 1. The number of anilines is 1. The Morgan fingerprint density at radius 3 is 2.42 bits per heavy atom. The van der Waals surface area contributed by atoms with Crippen LogP contribution in [0.25, 0.3) is 0 Å². The molecule has 134 valence electrons. The number of halogens is 1. The second-order valence-corrected chi connectivity index (χ2v) is 10.7. The van der Waals surface area contributed by atoms with Crippen LogP contribution in [0.4, 0.5) is 10.5 Å². The van der Waals surface area contributed by atoms with Crippen LogP contribution in [0.3, 0.4) is 0 Å². The maximum atomic E-state index is 12.5. The van der Waals surface area contributed by atoms with E-state index in [1.165, 1.54) is 27.1 Å². The fourth-order valence-electron chi connectivity index (χ4n) is 2.63. The second kappa shape index (κ2) is 7.63. The zero-order chi connectivity index (χ0) is 18.1. The van der Waals surface area contributed by atoms with E-state index in [0.29, 0.717) is 6.54 Å². The molecule has 0 saturated carbocycles. The van der Waals surface area contributed by atoms with Crippen molar-refractivity contribution in [2.45, 2.75) is 63.9 Å². The zero-order valence-corrected chi connectivity index (χ0v) is 18.7. The van der Waals surface area contributed by atoms with E-state index in [2.05, 4.69) is 32.9 Å². The normalized spacial score (nSPS) is 14.7. The van der Waals surface area contributed by atoms with Crippen LogP contribution >= 0.6 is 44.9 Å². The summed E-state index contributed by atoms with van der Waals surface area (Å²) >= 11 is 3.23. The molecule has 1 amide bonds. The number of nitrogens with zero attached hydrogens (tertiary/aromatic N) is 1. The third-order valence-electron chi connectivity index (χ3n) is 3.65. The summed E-state index contributed by atoms with van der Waals surface area (Å²) in [4.78, 5) is 15.5. The molecule has 0 radical (unpaired) electrons. The largest absolute Gasteiger partial charge is 0.443 e. The molecule has 2 rings (SSSR count). The first kappa shape index (κ1) is 20.2. The smallest absolute Gasteiger partial charge is 0.414 e. The Morgan fingerprint density at radius 1 is 1.21 bits per heavy atom. The Labute approximate surface area is 166 Å². The quantitative estimate of drug-likeness (QED) is 0.288. The van der Waals surface area contributed by atoms with Crippen molar-refractivity contribution in [2.24, 2.45) is 0 Å². The first-order valence-electron chi connectivity index (χ1n) is 7.83. The topological polar surface area (TPSA) is 38.8 Å². The number of benzene rings is 1. The third kappa shape index (κ3) is 4.95. The Kier molecular flexibility index (Phi) is 6.42. The summed E-state index contributed by atoms with van der Waals surface area (Å²) in [5, 5.41) is 0. The summed E-state index contributed by atoms with van der Waals surface area (Å²) in [6, 6.07) is 4.33. The lowest BCUT2D eigenvalue weighted by Gasteiger charge is -2.27. The number of hydrogen-bond donors (Lipinski definition) is 0. The molecule has 1 aliphatic heterocycles. The van der Waals surface area contributed by atoms with Crippen LogP contribution in [0.1, 0.15) is 52.7 Å². The van der Waals surface area contributed by atoms with E-state index in [1.54, 1.807) is 15.7 Å². The second-order valence-electron chi connectivity index (χ2n) is 7.82. The highest BCUT2D eigenvalue weighted by Crippen LogP contribution is 2.44. The SMILES string of the molecule is CC(C)(C)OC(=O)N1CCc2cc(SSOI)c(C(C)(C)C)cc21. The van der Waals surface area contributed by atoms with Crippen molar-refractivity contribution < 1.29 is 12.0 Å². The number of rotatable bonds is 3. The average Bonchev–Trinajstić information content (AvgIpc) is 2.84. The van der Waals surface area contributed by atoms with Gasteiger partial charge in [-0.2, -0.15) is 0 Å². The van der Waals surface area contributed by atoms with Gasteiger partial charge in [0.1, 0.15) is 28.6 Å². The van der Waals surface area contributed by atoms with Gasteiger partial charge in [0.25, 0.3) is 0 Å². The molecule has 4 nitrogen and oxygen atoms in total. The molecule has 1 aromatic carbocycles. The van der Waals surface area contributed by atoms with Gasteiger partial charge in [-0.15, -0.1) is 0 Å². The fraction of sp³-hybridized carbons (Fsp3) is 0.588. The minimum Gasteiger partial charge on any atom is -0.443 e. The molecule has 0 N–H and O–H groups in total. The summed E-state index contributed by atoms with van der Waals surface area (Å²) < 4.78 is 10.7. The van der Waals surface area contributed by atoms with Crippen LogP contribution in [-0.2, 0) is 19.1 Å². The Bertz CT molecular complexity index is 623. The lowest BCUT2D eigenvalue weighted by atomic mass is 9.86. The van der Waals surface area contributed by atoms with E-state index < -0.39 is 5.60 Å². The van der Waals surface area contributed by atoms with E-state index in [9.17, 15) is 4.79 Å². The highest BCUT2D eigenvalue weighted by Gasteiger charge is 2.31. The lowest BCUT2D eigenvalue weighted by Crippen LogP contribution is -2.35. The molecule has 1 aliphatic rings. The fourth-order valence-corrected chi connectivity index (χ4v) is 4.74. The van der Waals surface area contributed by atoms with Gasteiger partial charge in [0, 0.05) is 11.4 Å². The highest BCUT2D eigenvalue weighted by molar-refractivity contribution is 14.1. The molecule has 0 saturated heterocycles. The summed E-state index contributed by atoms with van der Waals surface area (Å²) in [5.41, 5.74) is 2.86. The molecule has 1 heterocycles. The number of carbonyl (C=O) groups is 1. The van der Waals surface area contributed by atoms with Crippen molar-refractivity contribution >= 4 is 56.7 Å². The van der Waals surface area contributed by atoms with E-state index in [1.807, 2.05) is 43.8 Å². The number of carbonyl (C=O) groups excluding carboxylic acids is 1. The monoisotopic (exact) mass is 481 g/mol. The number of ether oxygens (including phenoxy) is 1. The highest BCUT2D eigenvalue weighted by atomic mass is 127. The molecule has 1 aromatic rings. The minimum atomic E-state index is -0.489. The Hall–Kier alpha value is -0.120. The van der Waals surface area contributed by atoms with Gasteiger partial charge in [0.05, 0.1) is 16.8 Å². The zero-order valence-electron chi connectivity index (χ0n) is 14.9. The molecule has 0 aliphatic carbocycles. The van der Waals surface area contributed by atoms with Gasteiger partial charge in [-0.1, -0.05) is 20.8 Å². The standard InChI is InChI=1S/C17H24INO3S2/c1-16(2,3)12-10-13-11(9-14(12)23-24-22-18)7-8-19(13)15(20)21-17(4,5)6/h9-10H,7-8H2,1-6H3. The van der Waals surface area contributed by atoms with Gasteiger partial charge in [0.2, 0.25) is 0 Å². The van der Waals surface area contributed by atoms with Gasteiger partial charge >= 0.3 is 6.09 Å². The average molecular weight is 481 g/mol. The molecular formula is C17H24INO3S2. The van der Waals surface area contributed by atoms with Crippen molar-refractivity contribution in [1.82, 2.24) is 0 Å². The van der Waals surface area contributed by atoms with Crippen molar-refractivity contribution in [3.05, 3.63) is 23.3 Å². The lowest BCUT2D eigenvalue weighted by molar-refractivity contribution is 0.0584. The van der Waals surface area contributed by atoms with Crippen LogP contribution in [0.15, 0.2) is 17.0 Å². The summed E-state index contributed by atoms with van der Waals surface area (Å²) in [5.74, 6) is 0. The van der Waals surface area contributed by atoms with Crippen molar-refractivity contribution in [3.8, 4) is 0 Å². The molecule has 0 atom stereocenters. The summed E-state index contributed by atoms with van der Waals surface area (Å²) in [6.45, 7) is 12.9. The van der Waals surface area contributed by atoms with E-state index in [-0.39, 0.29) is 11.5 Å². The van der Waals surface area contributed by atoms with Crippen LogP contribution < -0.4 is 4.90 Å². The van der Waals surface area contributed by atoms with E-state index in [0.717, 1.165) is 12.1 Å². The predicted molar refractivity (Wildman–Crippen MR) is 111 cm³/mol. The van der Waals surface area contributed by atoms with Crippen molar-refractivity contribution in [2.75, 3.05) is 11.4 Å². The number of amides is 1. The van der Waals surface area contributed by atoms with Crippen molar-refractivity contribution in [1.29, 1.82) is 0 Å². The minimum absolute atomic E-state index is 0.0224. The molecular weight excluding hydrogens is 457 g/mol. The Balaban J connectivity index is 2.39. The van der Waals surface area contributed by atoms with Crippen LogP contribution in [0, 0.1) is 0 Å².